The molecule has 0 saturated heterocycles. The first-order valence-corrected chi connectivity index (χ1v) is 4.30. The molecule has 0 amide bonds. The number of rotatable bonds is 2. The molecule has 0 bridgehead atoms. The highest BCUT2D eigenvalue weighted by Crippen LogP contribution is 2.29. The number of furan rings is 1. The molecule has 14 heavy (non-hydrogen) atoms. The summed E-state index contributed by atoms with van der Waals surface area (Å²) in [6.07, 6.45) is 0.674. The zero-order valence-corrected chi connectivity index (χ0v) is 7.47. The third kappa shape index (κ3) is 1.34. The van der Waals surface area contributed by atoms with E-state index in [0.29, 0.717) is 11.1 Å². The van der Waals surface area contributed by atoms with Crippen LogP contribution in [0.4, 0.5) is 0 Å². The van der Waals surface area contributed by atoms with Gasteiger partial charge in [-0.25, -0.2) is 0 Å². The minimum atomic E-state index is -0.857. The van der Waals surface area contributed by atoms with Crippen molar-refractivity contribution in [3.8, 4) is 5.75 Å². The van der Waals surface area contributed by atoms with Gasteiger partial charge in [0.2, 0.25) is 0 Å². The molecule has 4 heteroatoms. The summed E-state index contributed by atoms with van der Waals surface area (Å²) in [5.41, 5.74) is 6.33. The topological polar surface area (TPSA) is 79.6 Å². The highest BCUT2D eigenvalue weighted by atomic mass is 16.3. The van der Waals surface area contributed by atoms with Gasteiger partial charge in [0.05, 0.1) is 12.4 Å². The van der Waals surface area contributed by atoms with E-state index in [4.69, 9.17) is 10.2 Å². The van der Waals surface area contributed by atoms with Gasteiger partial charge in [-0.3, -0.25) is 0 Å². The molecule has 0 saturated carbocycles. The van der Waals surface area contributed by atoms with Crippen LogP contribution in [0, 0.1) is 0 Å². The maximum atomic E-state index is 9.57. The van der Waals surface area contributed by atoms with Crippen LogP contribution in [0.1, 0.15) is 11.7 Å². The molecule has 1 atom stereocenters. The van der Waals surface area contributed by atoms with Gasteiger partial charge in [0.25, 0.3) is 0 Å². The van der Waals surface area contributed by atoms with Gasteiger partial charge in [-0.05, 0) is 18.2 Å². The monoisotopic (exact) mass is 193 g/mol. The van der Waals surface area contributed by atoms with Gasteiger partial charge in [0.15, 0.2) is 0 Å². The molecule has 1 aromatic carbocycles. The van der Waals surface area contributed by atoms with E-state index in [1.807, 2.05) is 0 Å². The molecular weight excluding hydrogens is 182 g/mol. The van der Waals surface area contributed by atoms with E-state index in [1.165, 1.54) is 6.26 Å². The zero-order valence-electron chi connectivity index (χ0n) is 7.47. The van der Waals surface area contributed by atoms with Gasteiger partial charge in [0, 0.05) is 17.5 Å². The van der Waals surface area contributed by atoms with Crippen LogP contribution in [0.15, 0.2) is 28.9 Å². The van der Waals surface area contributed by atoms with Crippen LogP contribution >= 0.6 is 0 Å². The van der Waals surface area contributed by atoms with Gasteiger partial charge in [0.1, 0.15) is 11.3 Å². The van der Waals surface area contributed by atoms with E-state index in [2.05, 4.69) is 0 Å². The minimum Gasteiger partial charge on any atom is -0.508 e. The van der Waals surface area contributed by atoms with Crippen molar-refractivity contribution in [1.29, 1.82) is 0 Å². The maximum Gasteiger partial charge on any atom is 0.134 e. The number of aliphatic hydroxyl groups is 1. The molecule has 4 N–H and O–H groups in total. The highest BCUT2D eigenvalue weighted by Gasteiger charge is 2.12. The predicted molar refractivity (Wildman–Crippen MR) is 51.9 cm³/mol. The molecule has 1 unspecified atom stereocenters. The molecule has 0 radical (unpaired) electrons. The number of benzene rings is 1. The Morgan fingerprint density at radius 2 is 2.21 bits per heavy atom. The van der Waals surface area contributed by atoms with Crippen molar-refractivity contribution in [2.75, 3.05) is 6.54 Å². The number of phenolic OH excluding ortho intramolecular Hbond substituents is 1. The molecule has 0 aliphatic rings. The Labute approximate surface area is 80.6 Å². The summed E-state index contributed by atoms with van der Waals surface area (Å²) in [4.78, 5) is 0. The molecule has 74 valence electrons. The lowest BCUT2D eigenvalue weighted by Gasteiger charge is -2.09. The van der Waals surface area contributed by atoms with Crippen LogP contribution in [0.25, 0.3) is 11.0 Å². The Hall–Kier alpha value is -1.52. The third-order valence-electron chi connectivity index (χ3n) is 2.18. The normalized spacial score (nSPS) is 13.3. The van der Waals surface area contributed by atoms with Crippen molar-refractivity contribution in [3.63, 3.8) is 0 Å². The largest absolute Gasteiger partial charge is 0.508 e. The van der Waals surface area contributed by atoms with Crippen LogP contribution in [0.3, 0.4) is 0 Å². The van der Waals surface area contributed by atoms with Crippen molar-refractivity contribution in [2.45, 2.75) is 6.10 Å². The Morgan fingerprint density at radius 3 is 2.93 bits per heavy atom. The van der Waals surface area contributed by atoms with E-state index >= 15 is 0 Å². The first-order chi connectivity index (χ1) is 6.72. The fourth-order valence-corrected chi connectivity index (χ4v) is 1.41. The van der Waals surface area contributed by atoms with Gasteiger partial charge in [-0.2, -0.15) is 0 Å². The van der Waals surface area contributed by atoms with Gasteiger partial charge >= 0.3 is 0 Å². The maximum absolute atomic E-state index is 9.57. The SMILES string of the molecule is NCC(O)c1cc2occc2cc1O. The molecule has 0 aliphatic heterocycles. The number of aliphatic hydroxyl groups excluding tert-OH is 1. The smallest absolute Gasteiger partial charge is 0.134 e. The highest BCUT2D eigenvalue weighted by molar-refractivity contribution is 5.80. The zero-order chi connectivity index (χ0) is 10.1. The van der Waals surface area contributed by atoms with E-state index in [9.17, 15) is 10.2 Å². The van der Waals surface area contributed by atoms with Crippen LogP contribution in [0.2, 0.25) is 0 Å². The molecule has 2 rings (SSSR count). The summed E-state index contributed by atoms with van der Waals surface area (Å²) in [5.74, 6) is 0.0388. The number of phenols is 1. The molecular formula is C10H11NO3. The van der Waals surface area contributed by atoms with Gasteiger partial charge in [-0.15, -0.1) is 0 Å². The minimum absolute atomic E-state index is 0.0388. The summed E-state index contributed by atoms with van der Waals surface area (Å²) in [6.45, 7) is 0.0692. The summed E-state index contributed by atoms with van der Waals surface area (Å²) >= 11 is 0. The molecule has 0 aliphatic carbocycles. The van der Waals surface area contributed by atoms with Crippen molar-refractivity contribution in [3.05, 3.63) is 30.0 Å². The summed E-state index contributed by atoms with van der Waals surface area (Å²) in [7, 11) is 0. The molecule has 4 nitrogen and oxygen atoms in total. The van der Waals surface area contributed by atoms with Crippen molar-refractivity contribution in [2.24, 2.45) is 5.73 Å². The molecule has 2 aromatic rings. The molecule has 1 heterocycles. The van der Waals surface area contributed by atoms with E-state index in [1.54, 1.807) is 18.2 Å². The van der Waals surface area contributed by atoms with Crippen molar-refractivity contribution in [1.82, 2.24) is 0 Å². The first kappa shape index (κ1) is 9.05. The molecule has 0 fully saturated rings. The second kappa shape index (κ2) is 3.32. The third-order valence-corrected chi connectivity index (χ3v) is 2.18. The number of fused-ring (bicyclic) bond motifs is 1. The Balaban J connectivity index is 2.58. The summed E-state index contributed by atoms with van der Waals surface area (Å²) in [6, 6.07) is 4.89. The first-order valence-electron chi connectivity index (χ1n) is 4.30. The Kier molecular flexibility index (Phi) is 2.15. The van der Waals surface area contributed by atoms with E-state index < -0.39 is 6.10 Å². The van der Waals surface area contributed by atoms with E-state index in [0.717, 1.165) is 5.39 Å². The van der Waals surface area contributed by atoms with Crippen LogP contribution in [0.5, 0.6) is 5.75 Å². The predicted octanol–water partition coefficient (Wildman–Crippen LogP) is 1.13. The fraction of sp³-hybridized carbons (Fsp3) is 0.200. The quantitative estimate of drug-likeness (QED) is 0.668. The lowest BCUT2D eigenvalue weighted by molar-refractivity contribution is 0.183. The lowest BCUT2D eigenvalue weighted by atomic mass is 10.1. The molecule has 0 spiro atoms. The number of nitrogens with two attached hydrogens (primary N) is 1. The number of hydrogen-bond acceptors (Lipinski definition) is 4. The Morgan fingerprint density at radius 1 is 1.43 bits per heavy atom. The fourth-order valence-electron chi connectivity index (χ4n) is 1.41. The van der Waals surface area contributed by atoms with Crippen LogP contribution in [-0.4, -0.2) is 16.8 Å². The van der Waals surface area contributed by atoms with Crippen LogP contribution in [-0.2, 0) is 0 Å². The van der Waals surface area contributed by atoms with Gasteiger partial charge in [-0.1, -0.05) is 0 Å². The average molecular weight is 193 g/mol. The van der Waals surface area contributed by atoms with E-state index in [-0.39, 0.29) is 12.3 Å². The average Bonchev–Trinajstić information content (AvgIpc) is 2.62. The second-order valence-corrected chi connectivity index (χ2v) is 3.12. The lowest BCUT2D eigenvalue weighted by Crippen LogP contribution is -2.11. The Bertz CT molecular complexity index is 450. The van der Waals surface area contributed by atoms with Crippen molar-refractivity contribution < 1.29 is 14.6 Å². The van der Waals surface area contributed by atoms with Crippen LogP contribution < -0.4 is 5.73 Å². The standard InChI is InChI=1S/C10H11NO3/c11-5-9(13)7-4-10-6(1-2-14-10)3-8(7)12/h1-4,9,12-13H,5,11H2. The molecule has 1 aromatic heterocycles. The van der Waals surface area contributed by atoms with Crippen molar-refractivity contribution >= 4 is 11.0 Å². The summed E-state index contributed by atoms with van der Waals surface area (Å²) < 4.78 is 5.15. The summed E-state index contributed by atoms with van der Waals surface area (Å²) in [5, 5.41) is 19.9. The van der Waals surface area contributed by atoms with Gasteiger partial charge < -0.3 is 20.4 Å². The number of aromatic hydroxyl groups is 1. The second-order valence-electron chi connectivity index (χ2n) is 3.12. The number of hydrogen-bond donors (Lipinski definition) is 3.